The first kappa shape index (κ1) is 31.3. The van der Waals surface area contributed by atoms with Gasteiger partial charge in [-0.15, -0.1) is 0 Å². The van der Waals surface area contributed by atoms with Crippen LogP contribution in [0.4, 0.5) is 5.69 Å². The van der Waals surface area contributed by atoms with E-state index >= 15 is 0 Å². The normalized spacial score (nSPS) is 30.5. The van der Waals surface area contributed by atoms with Crippen LogP contribution in [0.1, 0.15) is 71.1 Å². The van der Waals surface area contributed by atoms with Crippen LogP contribution in [0.2, 0.25) is 5.02 Å². The molecule has 13 heteroatoms. The first-order valence-electron chi connectivity index (χ1n) is 15.2. The van der Waals surface area contributed by atoms with Crippen LogP contribution in [0.25, 0.3) is 0 Å². The maximum absolute atomic E-state index is 13.9. The molecule has 5 atom stereocenters. The molecule has 0 radical (unpaired) electrons. The van der Waals surface area contributed by atoms with Crippen molar-refractivity contribution in [3.63, 3.8) is 0 Å². The summed E-state index contributed by atoms with van der Waals surface area (Å²) < 4.78 is 30.1. The van der Waals surface area contributed by atoms with E-state index < -0.39 is 45.6 Å². The molecular formula is C30H40ClN5O6S. The van der Waals surface area contributed by atoms with Gasteiger partial charge in [0.05, 0.1) is 5.69 Å². The number of hydrogen-bond acceptors (Lipinski definition) is 6. The number of amides is 4. The van der Waals surface area contributed by atoms with Crippen molar-refractivity contribution in [2.24, 2.45) is 17.8 Å². The molecule has 1 saturated heterocycles. The van der Waals surface area contributed by atoms with Crippen molar-refractivity contribution in [3.8, 4) is 0 Å². The van der Waals surface area contributed by atoms with Gasteiger partial charge in [0, 0.05) is 23.4 Å². The van der Waals surface area contributed by atoms with Gasteiger partial charge < -0.3 is 15.5 Å². The van der Waals surface area contributed by atoms with Crippen LogP contribution in [0, 0.1) is 17.8 Å². The molecule has 2 aliphatic carbocycles. The van der Waals surface area contributed by atoms with Crippen molar-refractivity contribution in [2.45, 2.75) is 88.8 Å². The lowest BCUT2D eigenvalue weighted by molar-refractivity contribution is -0.142. The van der Waals surface area contributed by atoms with Crippen molar-refractivity contribution in [1.29, 1.82) is 0 Å². The molecule has 2 saturated carbocycles. The van der Waals surface area contributed by atoms with Gasteiger partial charge in [-0.25, -0.2) is 4.72 Å². The van der Waals surface area contributed by atoms with E-state index in [0.29, 0.717) is 24.4 Å². The SMILES string of the molecule is CC[C@@H]1C[C@H]2C(=O)N[C@]3(C(=O)NS(=O)(=O)Nc4ccc(Cl)cc4)C[C@@H]3/C=C\CCCCC[C@H](NC(=O)C3CC3)C(=O)N2C1. The fraction of sp³-hybridized carbons (Fsp3) is 0.600. The molecule has 4 aliphatic rings. The van der Waals surface area contributed by atoms with Gasteiger partial charge in [-0.05, 0) is 75.1 Å². The predicted molar refractivity (Wildman–Crippen MR) is 162 cm³/mol. The third kappa shape index (κ3) is 7.52. The lowest BCUT2D eigenvalue weighted by Gasteiger charge is -2.30. The fourth-order valence-electron chi connectivity index (χ4n) is 6.05. The zero-order valence-corrected chi connectivity index (χ0v) is 25.9. The van der Waals surface area contributed by atoms with Gasteiger partial charge >= 0.3 is 10.2 Å². The maximum Gasteiger partial charge on any atom is 0.323 e. The van der Waals surface area contributed by atoms with E-state index in [-0.39, 0.29) is 35.8 Å². The average molecular weight is 634 g/mol. The number of nitrogens with one attached hydrogen (secondary N) is 4. The first-order chi connectivity index (χ1) is 20.5. The topological polar surface area (TPSA) is 154 Å². The number of halogens is 1. The number of rotatable bonds is 7. The van der Waals surface area contributed by atoms with Gasteiger partial charge in [-0.3, -0.25) is 23.9 Å². The minimum Gasteiger partial charge on any atom is -0.344 e. The van der Waals surface area contributed by atoms with Crippen LogP contribution < -0.4 is 20.1 Å². The molecule has 3 fully saturated rings. The molecule has 2 aliphatic heterocycles. The second-order valence-corrected chi connectivity index (χ2v) is 14.1. The van der Waals surface area contributed by atoms with Crippen molar-refractivity contribution in [2.75, 3.05) is 11.3 Å². The summed E-state index contributed by atoms with van der Waals surface area (Å²) in [5.41, 5.74) is -1.25. The van der Waals surface area contributed by atoms with Crippen LogP contribution in [-0.4, -0.2) is 61.1 Å². The number of hydrogen-bond donors (Lipinski definition) is 4. The molecule has 0 bridgehead atoms. The van der Waals surface area contributed by atoms with E-state index in [2.05, 4.69) is 20.1 Å². The molecule has 1 aromatic rings. The van der Waals surface area contributed by atoms with Gasteiger partial charge in [-0.1, -0.05) is 49.9 Å². The van der Waals surface area contributed by atoms with E-state index in [0.717, 1.165) is 44.9 Å². The molecule has 4 amide bonds. The van der Waals surface area contributed by atoms with Crippen molar-refractivity contribution < 1.29 is 27.6 Å². The molecule has 2 heterocycles. The van der Waals surface area contributed by atoms with Gasteiger partial charge in [0.1, 0.15) is 17.6 Å². The van der Waals surface area contributed by atoms with Gasteiger partial charge in [0.2, 0.25) is 17.7 Å². The number of anilines is 1. The number of fused-ring (bicyclic) bond motifs is 2. The van der Waals surface area contributed by atoms with Crippen LogP contribution in [0.5, 0.6) is 0 Å². The zero-order chi connectivity index (χ0) is 30.8. The van der Waals surface area contributed by atoms with Gasteiger partial charge in [0.15, 0.2) is 0 Å². The number of allylic oxidation sites excluding steroid dienone is 1. The highest BCUT2D eigenvalue weighted by Crippen LogP contribution is 2.46. The minimum absolute atomic E-state index is 0.0498. The van der Waals surface area contributed by atoms with Gasteiger partial charge in [0.25, 0.3) is 5.91 Å². The number of carbonyl (C=O) groups is 4. The molecule has 234 valence electrons. The average Bonchev–Trinajstić information content (AvgIpc) is 3.88. The first-order valence-corrected chi connectivity index (χ1v) is 17.1. The van der Waals surface area contributed by atoms with E-state index in [1.165, 1.54) is 24.3 Å². The molecule has 0 unspecified atom stereocenters. The Labute approximate surface area is 257 Å². The summed E-state index contributed by atoms with van der Waals surface area (Å²) >= 11 is 5.88. The lowest BCUT2D eigenvalue weighted by atomic mass is 10.0. The molecule has 43 heavy (non-hydrogen) atoms. The van der Waals surface area contributed by atoms with Gasteiger partial charge in [-0.2, -0.15) is 8.42 Å². The van der Waals surface area contributed by atoms with Crippen LogP contribution in [0.15, 0.2) is 36.4 Å². The molecule has 0 aromatic heterocycles. The highest BCUT2D eigenvalue weighted by molar-refractivity contribution is 7.91. The summed E-state index contributed by atoms with van der Waals surface area (Å²) in [6.45, 7) is 2.38. The minimum atomic E-state index is -4.32. The summed E-state index contributed by atoms with van der Waals surface area (Å²) in [7, 11) is -4.32. The maximum atomic E-state index is 13.9. The number of benzene rings is 1. The van der Waals surface area contributed by atoms with E-state index in [4.69, 9.17) is 11.6 Å². The smallest absolute Gasteiger partial charge is 0.323 e. The standard InChI is InChI=1S/C30H40ClN5O6S/c1-2-19-16-25-27(38)33-30(29(40)35-43(41,42)34-23-14-12-22(31)13-15-23)17-21(30)8-6-4-3-5-7-9-24(28(39)36(25)18-19)32-26(37)20-10-11-20/h6,8,12-15,19-21,24-25,34H,2-5,7,9-11,16-18H2,1H3,(H,32,37)(H,33,38)(H,35,40)/b8-6-/t19-,21+,24+,25+,30-/m1/s1. The molecule has 1 aromatic carbocycles. The number of nitrogens with zero attached hydrogens (tertiary/aromatic N) is 1. The Balaban J connectivity index is 1.37. The number of carbonyl (C=O) groups excluding carboxylic acids is 4. The highest BCUT2D eigenvalue weighted by Gasteiger charge is 2.61. The molecule has 11 nitrogen and oxygen atoms in total. The summed E-state index contributed by atoms with van der Waals surface area (Å²) in [5, 5.41) is 6.24. The Morgan fingerprint density at radius 1 is 1.09 bits per heavy atom. The molecule has 4 N–H and O–H groups in total. The Morgan fingerprint density at radius 3 is 2.53 bits per heavy atom. The Bertz CT molecular complexity index is 1380. The third-order valence-corrected chi connectivity index (χ3v) is 10.1. The van der Waals surface area contributed by atoms with Crippen LogP contribution >= 0.6 is 11.6 Å². The monoisotopic (exact) mass is 633 g/mol. The molecule has 0 spiro atoms. The Kier molecular flexibility index (Phi) is 9.36. The molecular weight excluding hydrogens is 594 g/mol. The summed E-state index contributed by atoms with van der Waals surface area (Å²) in [4.78, 5) is 55.5. The van der Waals surface area contributed by atoms with Crippen molar-refractivity contribution in [1.82, 2.24) is 20.3 Å². The Morgan fingerprint density at radius 2 is 1.84 bits per heavy atom. The Hall–Kier alpha value is -3.12. The van der Waals surface area contributed by atoms with E-state index in [1.54, 1.807) is 4.90 Å². The summed E-state index contributed by atoms with van der Waals surface area (Å²) in [5.74, 6) is -2.10. The van der Waals surface area contributed by atoms with Crippen molar-refractivity contribution in [3.05, 3.63) is 41.4 Å². The fourth-order valence-corrected chi connectivity index (χ4v) is 7.10. The zero-order valence-electron chi connectivity index (χ0n) is 24.3. The summed E-state index contributed by atoms with van der Waals surface area (Å²) in [6.07, 6.45) is 10.6. The van der Waals surface area contributed by atoms with Crippen molar-refractivity contribution >= 4 is 51.1 Å². The summed E-state index contributed by atoms with van der Waals surface area (Å²) in [6, 6.07) is 4.42. The van der Waals surface area contributed by atoms with E-state index in [9.17, 15) is 27.6 Å². The van der Waals surface area contributed by atoms with Crippen LogP contribution in [-0.2, 0) is 29.4 Å². The van der Waals surface area contributed by atoms with Crippen LogP contribution in [0.3, 0.4) is 0 Å². The largest absolute Gasteiger partial charge is 0.344 e. The second-order valence-electron chi connectivity index (χ2n) is 12.2. The quantitative estimate of drug-likeness (QED) is 0.339. The highest BCUT2D eigenvalue weighted by atomic mass is 35.5. The second kappa shape index (κ2) is 12.9. The lowest BCUT2D eigenvalue weighted by Crippen LogP contribution is -2.58. The molecule has 5 rings (SSSR count). The predicted octanol–water partition coefficient (Wildman–Crippen LogP) is 3.03. The third-order valence-electron chi connectivity index (χ3n) is 8.94. The van der Waals surface area contributed by atoms with E-state index in [1.807, 2.05) is 19.1 Å².